The second-order valence-corrected chi connectivity index (χ2v) is 5.50. The maximum atomic E-state index is 12.0. The van der Waals surface area contributed by atoms with E-state index in [1.54, 1.807) is 6.33 Å². The Morgan fingerprint density at radius 3 is 2.71 bits per heavy atom. The number of nitrogens with zero attached hydrogens (tertiary/aromatic N) is 3. The molecule has 0 atom stereocenters. The van der Waals surface area contributed by atoms with Crippen LogP contribution in [0.4, 0.5) is 5.69 Å². The van der Waals surface area contributed by atoms with E-state index in [1.807, 2.05) is 67.1 Å². The van der Waals surface area contributed by atoms with Gasteiger partial charge in [0, 0.05) is 18.3 Å². The van der Waals surface area contributed by atoms with Crippen LogP contribution >= 0.6 is 0 Å². The van der Waals surface area contributed by atoms with Crippen molar-refractivity contribution in [2.24, 2.45) is 7.05 Å². The fourth-order valence-electron chi connectivity index (χ4n) is 2.26. The van der Waals surface area contributed by atoms with Gasteiger partial charge in [-0.1, -0.05) is 29.8 Å². The van der Waals surface area contributed by atoms with Crippen molar-refractivity contribution in [1.29, 1.82) is 0 Å². The van der Waals surface area contributed by atoms with Crippen LogP contribution in [-0.2, 0) is 11.8 Å². The Morgan fingerprint density at radius 2 is 2.00 bits per heavy atom. The van der Waals surface area contributed by atoms with Gasteiger partial charge in [-0.3, -0.25) is 4.79 Å². The number of carbonyl (C=O) groups excluding carboxylic acids is 1. The first-order valence-electron chi connectivity index (χ1n) is 7.55. The highest BCUT2D eigenvalue weighted by atomic mass is 16.5. The summed E-state index contributed by atoms with van der Waals surface area (Å²) in [6.45, 7) is 1.96. The molecule has 0 aliphatic carbocycles. The van der Waals surface area contributed by atoms with E-state index in [0.29, 0.717) is 11.4 Å². The maximum absolute atomic E-state index is 12.0. The van der Waals surface area contributed by atoms with E-state index in [9.17, 15) is 4.79 Å². The summed E-state index contributed by atoms with van der Waals surface area (Å²) < 4.78 is 7.30. The molecule has 0 radical (unpaired) electrons. The number of hydrogen-bond donors (Lipinski definition) is 1. The minimum Gasteiger partial charge on any atom is -0.484 e. The van der Waals surface area contributed by atoms with Gasteiger partial charge in [0.2, 0.25) is 0 Å². The molecule has 1 N–H and O–H groups in total. The first kappa shape index (κ1) is 15.7. The van der Waals surface area contributed by atoms with Crippen molar-refractivity contribution < 1.29 is 9.53 Å². The van der Waals surface area contributed by atoms with E-state index in [1.165, 1.54) is 0 Å². The summed E-state index contributed by atoms with van der Waals surface area (Å²) in [5.74, 6) is 1.19. The Bertz CT molecular complexity index is 840. The molecule has 0 spiro atoms. The number of nitrogens with one attached hydrogen (secondary N) is 1. The van der Waals surface area contributed by atoms with Crippen molar-refractivity contribution in [3.05, 3.63) is 60.4 Å². The molecule has 1 amide bonds. The molecule has 24 heavy (non-hydrogen) atoms. The van der Waals surface area contributed by atoms with Crippen LogP contribution in [-0.4, -0.2) is 27.3 Å². The summed E-state index contributed by atoms with van der Waals surface area (Å²) in [6.07, 6.45) is 1.63. The van der Waals surface area contributed by atoms with Crippen molar-refractivity contribution in [1.82, 2.24) is 14.8 Å². The molecule has 0 saturated carbocycles. The molecule has 1 aromatic heterocycles. The normalized spacial score (nSPS) is 10.4. The molecule has 0 aliphatic rings. The van der Waals surface area contributed by atoms with E-state index in [2.05, 4.69) is 15.5 Å². The Balaban J connectivity index is 1.62. The van der Waals surface area contributed by atoms with Crippen LogP contribution in [0.2, 0.25) is 0 Å². The Morgan fingerprint density at radius 1 is 1.21 bits per heavy atom. The van der Waals surface area contributed by atoms with E-state index in [4.69, 9.17) is 4.74 Å². The molecular formula is C18H18N4O2. The van der Waals surface area contributed by atoms with E-state index in [-0.39, 0.29) is 12.5 Å². The number of aryl methyl sites for hydroxylation is 2. The fourth-order valence-corrected chi connectivity index (χ4v) is 2.26. The number of benzene rings is 2. The van der Waals surface area contributed by atoms with Gasteiger partial charge >= 0.3 is 0 Å². The largest absolute Gasteiger partial charge is 0.484 e. The first-order chi connectivity index (χ1) is 11.6. The monoisotopic (exact) mass is 322 g/mol. The standard InChI is InChI=1S/C18H18N4O2/c1-13-6-8-16(9-7-13)24-11-17(23)20-15-5-3-4-14(10-15)18-21-19-12-22(18)2/h3-10,12H,11H2,1-2H3,(H,20,23). The first-order valence-corrected chi connectivity index (χ1v) is 7.55. The zero-order valence-electron chi connectivity index (χ0n) is 13.6. The number of anilines is 1. The van der Waals surface area contributed by atoms with Crippen molar-refractivity contribution in [2.75, 3.05) is 11.9 Å². The van der Waals surface area contributed by atoms with E-state index >= 15 is 0 Å². The predicted molar refractivity (Wildman–Crippen MR) is 91.7 cm³/mol. The second kappa shape index (κ2) is 6.95. The number of aromatic nitrogens is 3. The van der Waals surface area contributed by atoms with Crippen molar-refractivity contribution >= 4 is 11.6 Å². The molecular weight excluding hydrogens is 304 g/mol. The molecule has 1 heterocycles. The molecule has 3 aromatic rings. The van der Waals surface area contributed by atoms with Gasteiger partial charge < -0.3 is 14.6 Å². The summed E-state index contributed by atoms with van der Waals surface area (Å²) in [5.41, 5.74) is 2.72. The smallest absolute Gasteiger partial charge is 0.262 e. The molecule has 6 heteroatoms. The SMILES string of the molecule is Cc1ccc(OCC(=O)Nc2cccc(-c3nncn3C)c2)cc1. The van der Waals surface area contributed by atoms with Gasteiger partial charge in [0.25, 0.3) is 5.91 Å². The summed E-state index contributed by atoms with van der Waals surface area (Å²) in [5, 5.41) is 10.8. The number of carbonyl (C=O) groups is 1. The summed E-state index contributed by atoms with van der Waals surface area (Å²) in [7, 11) is 1.87. The van der Waals surface area contributed by atoms with Crippen LogP contribution in [0.15, 0.2) is 54.9 Å². The van der Waals surface area contributed by atoms with E-state index < -0.39 is 0 Å². The third kappa shape index (κ3) is 3.78. The van der Waals surface area contributed by atoms with Crippen LogP contribution in [0.25, 0.3) is 11.4 Å². The molecule has 0 unspecified atom stereocenters. The molecule has 3 rings (SSSR count). The highest BCUT2D eigenvalue weighted by Crippen LogP contribution is 2.20. The summed E-state index contributed by atoms with van der Waals surface area (Å²) in [6, 6.07) is 15.0. The lowest BCUT2D eigenvalue weighted by Gasteiger charge is -2.09. The Labute approximate surface area is 140 Å². The van der Waals surface area contributed by atoms with Crippen LogP contribution < -0.4 is 10.1 Å². The van der Waals surface area contributed by atoms with Gasteiger partial charge in [-0.2, -0.15) is 0 Å². The van der Waals surface area contributed by atoms with Crippen molar-refractivity contribution in [3.8, 4) is 17.1 Å². The van der Waals surface area contributed by atoms with Gasteiger partial charge in [0.1, 0.15) is 12.1 Å². The zero-order valence-corrected chi connectivity index (χ0v) is 13.6. The van der Waals surface area contributed by atoms with Gasteiger partial charge in [-0.25, -0.2) is 0 Å². The number of amides is 1. The molecule has 122 valence electrons. The summed E-state index contributed by atoms with van der Waals surface area (Å²) in [4.78, 5) is 12.0. The lowest BCUT2D eigenvalue weighted by atomic mass is 10.2. The molecule has 0 fully saturated rings. The third-order valence-electron chi connectivity index (χ3n) is 3.51. The van der Waals surface area contributed by atoms with Crippen LogP contribution in [0, 0.1) is 6.92 Å². The Kier molecular flexibility index (Phi) is 4.56. The minimum absolute atomic E-state index is 0.0444. The van der Waals surface area contributed by atoms with Crippen molar-refractivity contribution in [3.63, 3.8) is 0 Å². The minimum atomic E-state index is -0.217. The van der Waals surface area contributed by atoms with E-state index in [0.717, 1.165) is 17.0 Å². The lowest BCUT2D eigenvalue weighted by Crippen LogP contribution is -2.20. The lowest BCUT2D eigenvalue weighted by molar-refractivity contribution is -0.118. The van der Waals surface area contributed by atoms with Crippen LogP contribution in [0.1, 0.15) is 5.56 Å². The fraction of sp³-hybridized carbons (Fsp3) is 0.167. The molecule has 0 saturated heterocycles. The Hall–Kier alpha value is -3.15. The average molecular weight is 322 g/mol. The third-order valence-corrected chi connectivity index (χ3v) is 3.51. The highest BCUT2D eigenvalue weighted by Gasteiger charge is 2.08. The quantitative estimate of drug-likeness (QED) is 0.784. The predicted octanol–water partition coefficient (Wildman–Crippen LogP) is 2.81. The maximum Gasteiger partial charge on any atom is 0.262 e. The average Bonchev–Trinajstić information content (AvgIpc) is 3.01. The molecule has 2 aromatic carbocycles. The zero-order chi connectivity index (χ0) is 16.9. The van der Waals surface area contributed by atoms with Gasteiger partial charge in [0.05, 0.1) is 0 Å². The van der Waals surface area contributed by atoms with Gasteiger partial charge in [0.15, 0.2) is 12.4 Å². The van der Waals surface area contributed by atoms with Crippen molar-refractivity contribution in [2.45, 2.75) is 6.92 Å². The number of ether oxygens (including phenoxy) is 1. The number of hydrogen-bond acceptors (Lipinski definition) is 4. The number of rotatable bonds is 5. The van der Waals surface area contributed by atoms with Crippen LogP contribution in [0.3, 0.4) is 0 Å². The summed E-state index contributed by atoms with van der Waals surface area (Å²) >= 11 is 0. The highest BCUT2D eigenvalue weighted by molar-refractivity contribution is 5.92. The molecule has 0 bridgehead atoms. The topological polar surface area (TPSA) is 69.0 Å². The van der Waals surface area contributed by atoms with Crippen LogP contribution in [0.5, 0.6) is 5.75 Å². The molecule has 0 aliphatic heterocycles. The van der Waals surface area contributed by atoms with Gasteiger partial charge in [-0.05, 0) is 31.2 Å². The second-order valence-electron chi connectivity index (χ2n) is 5.50. The molecule has 6 nitrogen and oxygen atoms in total. The van der Waals surface area contributed by atoms with Gasteiger partial charge in [-0.15, -0.1) is 10.2 Å².